The van der Waals surface area contributed by atoms with Crippen molar-refractivity contribution in [2.45, 2.75) is 38.8 Å². The minimum Gasteiger partial charge on any atom is -0.458 e. The van der Waals surface area contributed by atoms with E-state index in [-0.39, 0.29) is 5.82 Å². The zero-order valence-corrected chi connectivity index (χ0v) is 14.1. The monoisotopic (exact) mass is 352 g/mol. The number of anilines is 1. The molecule has 25 heavy (non-hydrogen) atoms. The van der Waals surface area contributed by atoms with Gasteiger partial charge in [0, 0.05) is 17.0 Å². The molecule has 2 rings (SSSR count). The van der Waals surface area contributed by atoms with Crippen molar-refractivity contribution in [3.8, 4) is 0 Å². The number of hydrogen-bond donors (Lipinski definition) is 2. The zero-order valence-electron chi connectivity index (χ0n) is 14.1. The molecule has 1 aromatic heterocycles. The van der Waals surface area contributed by atoms with Gasteiger partial charge in [0.1, 0.15) is 18.1 Å². The van der Waals surface area contributed by atoms with Gasteiger partial charge in [-0.05, 0) is 11.6 Å². The fraction of sp³-hybridized carbons (Fsp3) is 0.643. The molecule has 136 valence electrons. The van der Waals surface area contributed by atoms with Crippen molar-refractivity contribution in [3.63, 3.8) is 0 Å². The molecule has 11 heteroatoms. The number of carbonyl (C=O) groups excluding carboxylic acids is 1. The summed E-state index contributed by atoms with van der Waals surface area (Å²) in [4.78, 5) is 30.4. The van der Waals surface area contributed by atoms with Gasteiger partial charge in [-0.3, -0.25) is 9.36 Å². The Morgan fingerprint density at radius 1 is 1.68 bits per heavy atom. The van der Waals surface area contributed by atoms with E-state index in [2.05, 4.69) is 15.0 Å². The third-order valence-electron chi connectivity index (χ3n) is 3.98. The number of hydrogen-bond acceptors (Lipinski definition) is 8. The van der Waals surface area contributed by atoms with Crippen LogP contribution in [0.5, 0.6) is 0 Å². The first-order valence-corrected chi connectivity index (χ1v) is 7.66. The molecule has 11 nitrogen and oxygen atoms in total. The summed E-state index contributed by atoms with van der Waals surface area (Å²) in [5, 5.41) is 13.3. The average molecular weight is 352 g/mol. The number of aliphatic hydroxyl groups excluding tert-OH is 1. The minimum absolute atomic E-state index is 0.0400. The lowest BCUT2D eigenvalue weighted by atomic mass is 9.97. The lowest BCUT2D eigenvalue weighted by Gasteiger charge is -2.28. The van der Waals surface area contributed by atoms with Crippen molar-refractivity contribution >= 4 is 11.8 Å². The number of esters is 1. The Morgan fingerprint density at radius 3 is 2.88 bits per heavy atom. The summed E-state index contributed by atoms with van der Waals surface area (Å²) in [5.74, 6) is -1.55. The summed E-state index contributed by atoms with van der Waals surface area (Å²) in [6.07, 6.45) is -0.683. The summed E-state index contributed by atoms with van der Waals surface area (Å²) >= 11 is 0. The van der Waals surface area contributed by atoms with Crippen molar-refractivity contribution in [1.29, 1.82) is 0 Å². The third-order valence-corrected chi connectivity index (χ3v) is 3.98. The smallest absolute Gasteiger partial charge is 0.351 e. The Morgan fingerprint density at radius 2 is 2.36 bits per heavy atom. The van der Waals surface area contributed by atoms with E-state index in [1.165, 1.54) is 12.3 Å². The van der Waals surface area contributed by atoms with E-state index in [9.17, 15) is 14.7 Å². The van der Waals surface area contributed by atoms with Crippen molar-refractivity contribution in [1.82, 2.24) is 9.55 Å². The highest BCUT2D eigenvalue weighted by Gasteiger charge is 2.56. The fourth-order valence-electron chi connectivity index (χ4n) is 2.65. The Balaban J connectivity index is 2.47. The van der Waals surface area contributed by atoms with Gasteiger partial charge < -0.3 is 20.3 Å². The number of aliphatic hydroxyl groups is 1. The first-order chi connectivity index (χ1) is 11.8. The predicted molar refractivity (Wildman–Crippen MR) is 85.9 cm³/mol. The summed E-state index contributed by atoms with van der Waals surface area (Å²) in [6.45, 7) is 4.20. The number of nitrogens with two attached hydrogens (primary N) is 1. The summed E-state index contributed by atoms with van der Waals surface area (Å²) in [5.41, 5.74) is 11.8. The van der Waals surface area contributed by atoms with Crippen molar-refractivity contribution in [3.05, 3.63) is 33.2 Å². The van der Waals surface area contributed by atoms with Crippen LogP contribution in [0.4, 0.5) is 5.82 Å². The van der Waals surface area contributed by atoms with Crippen LogP contribution in [0, 0.1) is 11.8 Å². The van der Waals surface area contributed by atoms with Gasteiger partial charge in [0.25, 0.3) is 0 Å². The summed E-state index contributed by atoms with van der Waals surface area (Å²) in [7, 11) is 0. The van der Waals surface area contributed by atoms with E-state index in [0.717, 1.165) is 4.57 Å². The second-order valence-corrected chi connectivity index (χ2v) is 6.11. The first kappa shape index (κ1) is 18.7. The molecule has 1 aliphatic heterocycles. The standard InChI is InChI=1S/C14H20N6O5/c1-7(2)12(22)24-10-8(3)11(25-14(10,6-21)18-19-16)20-5-4-9(15)17-13(20)23/h4-5,7-8,10-11,21H,6H2,1-3H3,(H2,15,17,23)/t8-,10-,11+,14+/m0/s1. The van der Waals surface area contributed by atoms with E-state index in [1.807, 2.05) is 0 Å². The molecule has 1 aliphatic rings. The van der Waals surface area contributed by atoms with Crippen LogP contribution in [0.2, 0.25) is 0 Å². The van der Waals surface area contributed by atoms with Crippen molar-refractivity contribution in [2.24, 2.45) is 17.0 Å². The van der Waals surface area contributed by atoms with E-state index >= 15 is 0 Å². The first-order valence-electron chi connectivity index (χ1n) is 7.66. The number of aromatic nitrogens is 2. The van der Waals surface area contributed by atoms with Crippen molar-refractivity contribution in [2.75, 3.05) is 12.3 Å². The van der Waals surface area contributed by atoms with Crippen LogP contribution in [0.1, 0.15) is 27.0 Å². The average Bonchev–Trinajstić information content (AvgIpc) is 2.81. The SMILES string of the molecule is CC(C)C(=O)O[C@H]1[C@H](C)[C@H](n2ccc(N)nc2=O)O[C@@]1(CO)N=[N+]=[N-]. The highest BCUT2D eigenvalue weighted by atomic mass is 16.6. The molecule has 4 atom stereocenters. The lowest BCUT2D eigenvalue weighted by Crippen LogP contribution is -2.45. The Labute approximate surface area is 143 Å². The predicted octanol–water partition coefficient (Wildman–Crippen LogP) is 0.557. The molecular weight excluding hydrogens is 332 g/mol. The van der Waals surface area contributed by atoms with Crippen LogP contribution in [-0.4, -0.2) is 39.1 Å². The Kier molecular flexibility index (Phi) is 5.31. The van der Waals surface area contributed by atoms with Gasteiger partial charge in [-0.2, -0.15) is 4.98 Å². The normalized spacial score (nSPS) is 28.6. The third kappa shape index (κ3) is 3.43. The molecule has 0 saturated carbocycles. The van der Waals surface area contributed by atoms with Gasteiger partial charge in [-0.15, -0.1) is 0 Å². The van der Waals surface area contributed by atoms with Gasteiger partial charge >= 0.3 is 11.7 Å². The molecular formula is C14H20N6O5. The van der Waals surface area contributed by atoms with Gasteiger partial charge in [-0.25, -0.2) is 4.79 Å². The molecule has 3 N–H and O–H groups in total. The zero-order chi connectivity index (χ0) is 18.8. The maximum Gasteiger partial charge on any atom is 0.351 e. The maximum atomic E-state index is 12.1. The molecule has 0 aromatic carbocycles. The minimum atomic E-state index is -1.84. The van der Waals surface area contributed by atoms with Gasteiger partial charge in [0.05, 0.1) is 12.5 Å². The van der Waals surface area contributed by atoms with Crippen molar-refractivity contribution < 1.29 is 19.4 Å². The molecule has 0 radical (unpaired) electrons. The number of nitrogen functional groups attached to an aromatic ring is 1. The molecule has 0 spiro atoms. The van der Waals surface area contributed by atoms with E-state index < -0.39 is 48.2 Å². The lowest BCUT2D eigenvalue weighted by molar-refractivity contribution is -0.170. The quantitative estimate of drug-likeness (QED) is 0.338. The summed E-state index contributed by atoms with van der Waals surface area (Å²) in [6, 6.07) is 1.40. The highest BCUT2D eigenvalue weighted by Crippen LogP contribution is 2.43. The number of rotatable bonds is 5. The van der Waals surface area contributed by atoms with E-state index in [0.29, 0.717) is 0 Å². The molecule has 0 bridgehead atoms. The number of carbonyl (C=O) groups is 1. The van der Waals surface area contributed by atoms with Crippen LogP contribution in [0.3, 0.4) is 0 Å². The molecule has 1 aromatic rings. The van der Waals surface area contributed by atoms with Crippen LogP contribution >= 0.6 is 0 Å². The number of nitrogens with zero attached hydrogens (tertiary/aromatic N) is 5. The molecule has 0 amide bonds. The largest absolute Gasteiger partial charge is 0.458 e. The van der Waals surface area contributed by atoms with Crippen LogP contribution in [0.25, 0.3) is 10.4 Å². The Bertz CT molecular complexity index is 758. The molecule has 0 unspecified atom stereocenters. The second-order valence-electron chi connectivity index (χ2n) is 6.11. The summed E-state index contributed by atoms with van der Waals surface area (Å²) < 4.78 is 12.2. The highest BCUT2D eigenvalue weighted by molar-refractivity contribution is 5.71. The molecule has 2 heterocycles. The maximum absolute atomic E-state index is 12.1. The van der Waals surface area contributed by atoms with Gasteiger partial charge in [0.2, 0.25) is 5.72 Å². The number of azide groups is 1. The number of ether oxygens (including phenoxy) is 2. The van der Waals surface area contributed by atoms with E-state index in [4.69, 9.17) is 20.7 Å². The molecule has 1 saturated heterocycles. The fourth-order valence-corrected chi connectivity index (χ4v) is 2.65. The second kappa shape index (κ2) is 7.09. The van der Waals surface area contributed by atoms with Gasteiger partial charge in [-0.1, -0.05) is 25.9 Å². The van der Waals surface area contributed by atoms with Gasteiger partial charge in [0.15, 0.2) is 0 Å². The molecule has 1 fully saturated rings. The topological polar surface area (TPSA) is 165 Å². The van der Waals surface area contributed by atoms with Crippen LogP contribution < -0.4 is 11.4 Å². The van der Waals surface area contributed by atoms with Crippen LogP contribution in [-0.2, 0) is 14.3 Å². The van der Waals surface area contributed by atoms with Crippen LogP contribution in [0.15, 0.2) is 22.2 Å². The Hall–Kier alpha value is -2.62. The molecule has 0 aliphatic carbocycles. The van der Waals surface area contributed by atoms with E-state index in [1.54, 1.807) is 20.8 Å².